The van der Waals surface area contributed by atoms with Gasteiger partial charge in [-0.2, -0.15) is 0 Å². The fourth-order valence-corrected chi connectivity index (χ4v) is 4.57. The lowest BCUT2D eigenvalue weighted by Gasteiger charge is -2.27. The highest BCUT2D eigenvalue weighted by atomic mass is 14.6. The summed E-state index contributed by atoms with van der Waals surface area (Å²) in [4.78, 5) is 0. The smallest absolute Gasteiger partial charge is 0.00389 e. The highest BCUT2D eigenvalue weighted by Crippen LogP contribution is 2.38. The van der Waals surface area contributed by atoms with Gasteiger partial charge in [0.15, 0.2) is 0 Å². The van der Waals surface area contributed by atoms with Gasteiger partial charge in [0.2, 0.25) is 0 Å². The molecule has 4 unspecified atom stereocenters. The van der Waals surface area contributed by atoms with Crippen LogP contribution in [0.3, 0.4) is 0 Å². The minimum Gasteiger partial charge on any atom is -0.328 e. The molecule has 0 bridgehead atoms. The van der Waals surface area contributed by atoms with Crippen molar-refractivity contribution in [1.82, 2.24) is 0 Å². The predicted molar refractivity (Wildman–Crippen MR) is 93.3 cm³/mol. The van der Waals surface area contributed by atoms with Gasteiger partial charge in [-0.3, -0.25) is 0 Å². The zero-order chi connectivity index (χ0) is 15.1. The van der Waals surface area contributed by atoms with Crippen molar-refractivity contribution >= 4 is 0 Å². The molecule has 1 fully saturated rings. The van der Waals surface area contributed by atoms with Crippen LogP contribution in [0, 0.1) is 17.8 Å². The SMILES string of the molecule is CCC1=CCCC2CCC(N)CCCC(CC)CCC2C1. The Balaban J connectivity index is 2.04. The van der Waals surface area contributed by atoms with E-state index < -0.39 is 0 Å². The minimum atomic E-state index is 0.461. The fraction of sp³-hybridized carbons (Fsp3) is 0.900. The molecule has 1 heteroatoms. The molecule has 4 atom stereocenters. The van der Waals surface area contributed by atoms with Crippen molar-refractivity contribution < 1.29 is 0 Å². The number of fused-ring (bicyclic) bond motifs is 1. The summed E-state index contributed by atoms with van der Waals surface area (Å²) in [6, 6.07) is 0.461. The molecule has 0 radical (unpaired) electrons. The second-order valence-electron chi connectivity index (χ2n) is 7.64. The van der Waals surface area contributed by atoms with Gasteiger partial charge in [0.05, 0.1) is 0 Å². The zero-order valence-electron chi connectivity index (χ0n) is 14.4. The molecule has 2 rings (SSSR count). The number of rotatable bonds is 2. The first-order chi connectivity index (χ1) is 10.2. The van der Waals surface area contributed by atoms with E-state index in [9.17, 15) is 0 Å². The molecule has 0 aliphatic heterocycles. The highest BCUT2D eigenvalue weighted by molar-refractivity contribution is 5.05. The van der Waals surface area contributed by atoms with E-state index in [0.29, 0.717) is 6.04 Å². The van der Waals surface area contributed by atoms with Crippen molar-refractivity contribution in [2.45, 2.75) is 96.9 Å². The van der Waals surface area contributed by atoms with Crippen molar-refractivity contribution in [3.05, 3.63) is 11.6 Å². The quantitative estimate of drug-likeness (QED) is 0.636. The molecule has 2 aliphatic carbocycles. The van der Waals surface area contributed by atoms with Gasteiger partial charge in [-0.15, -0.1) is 0 Å². The lowest BCUT2D eigenvalue weighted by atomic mass is 9.78. The van der Waals surface area contributed by atoms with Gasteiger partial charge < -0.3 is 5.73 Å². The summed E-state index contributed by atoms with van der Waals surface area (Å²) in [5, 5.41) is 0. The maximum atomic E-state index is 6.36. The van der Waals surface area contributed by atoms with Crippen molar-refractivity contribution in [2.75, 3.05) is 0 Å². The van der Waals surface area contributed by atoms with E-state index in [1.54, 1.807) is 5.57 Å². The van der Waals surface area contributed by atoms with E-state index in [-0.39, 0.29) is 0 Å². The fourth-order valence-electron chi connectivity index (χ4n) is 4.57. The second kappa shape index (κ2) is 8.98. The molecular weight excluding hydrogens is 254 g/mol. The van der Waals surface area contributed by atoms with Crippen LogP contribution in [0.2, 0.25) is 0 Å². The third kappa shape index (κ3) is 5.43. The largest absolute Gasteiger partial charge is 0.328 e. The lowest BCUT2D eigenvalue weighted by Crippen LogP contribution is -2.22. The molecule has 1 nitrogen and oxygen atoms in total. The Morgan fingerprint density at radius 2 is 1.76 bits per heavy atom. The van der Waals surface area contributed by atoms with Gasteiger partial charge in [0.25, 0.3) is 0 Å². The van der Waals surface area contributed by atoms with Crippen LogP contribution < -0.4 is 5.73 Å². The van der Waals surface area contributed by atoms with Crippen LogP contribution in [-0.2, 0) is 0 Å². The van der Waals surface area contributed by atoms with Crippen LogP contribution in [-0.4, -0.2) is 6.04 Å². The Labute approximate surface area is 132 Å². The Morgan fingerprint density at radius 3 is 2.52 bits per heavy atom. The van der Waals surface area contributed by atoms with E-state index in [1.807, 2.05) is 0 Å². The molecule has 21 heavy (non-hydrogen) atoms. The molecule has 1 saturated carbocycles. The van der Waals surface area contributed by atoms with Crippen LogP contribution in [0.5, 0.6) is 0 Å². The van der Waals surface area contributed by atoms with Crippen LogP contribution in [0.4, 0.5) is 0 Å². The van der Waals surface area contributed by atoms with Gasteiger partial charge in [-0.1, -0.05) is 51.2 Å². The van der Waals surface area contributed by atoms with Crippen LogP contribution in [0.1, 0.15) is 90.9 Å². The molecule has 0 aromatic rings. The summed E-state index contributed by atoms with van der Waals surface area (Å²) in [6.45, 7) is 4.72. The standard InChI is InChI=1S/C20H37N/c1-3-16-7-6-10-20(21)14-13-18-9-5-8-17(4-2)15-19(18)12-11-16/h8,16,18-20H,3-7,9-15,21H2,1-2H3. The van der Waals surface area contributed by atoms with E-state index >= 15 is 0 Å². The highest BCUT2D eigenvalue weighted by Gasteiger charge is 2.26. The summed E-state index contributed by atoms with van der Waals surface area (Å²) in [7, 11) is 0. The summed E-state index contributed by atoms with van der Waals surface area (Å²) < 4.78 is 0. The van der Waals surface area contributed by atoms with Crippen LogP contribution >= 0.6 is 0 Å². The normalized spacial score (nSPS) is 36.0. The number of nitrogens with two attached hydrogens (primary N) is 1. The summed E-state index contributed by atoms with van der Waals surface area (Å²) in [6.07, 6.45) is 18.9. The number of allylic oxidation sites excluding steroid dienone is 2. The number of hydrogen-bond acceptors (Lipinski definition) is 1. The third-order valence-electron chi connectivity index (χ3n) is 6.23. The number of hydrogen-bond donors (Lipinski definition) is 1. The Kier molecular flexibility index (Phi) is 7.29. The molecular formula is C20H37N. The van der Waals surface area contributed by atoms with Crippen molar-refractivity contribution in [3.63, 3.8) is 0 Å². The van der Waals surface area contributed by atoms with Gasteiger partial charge in [0, 0.05) is 6.04 Å². The van der Waals surface area contributed by atoms with Gasteiger partial charge >= 0.3 is 0 Å². The van der Waals surface area contributed by atoms with Crippen molar-refractivity contribution in [1.29, 1.82) is 0 Å². The van der Waals surface area contributed by atoms with Gasteiger partial charge in [-0.25, -0.2) is 0 Å². The van der Waals surface area contributed by atoms with Crippen molar-refractivity contribution in [3.8, 4) is 0 Å². The average molecular weight is 292 g/mol. The van der Waals surface area contributed by atoms with Gasteiger partial charge in [0.1, 0.15) is 0 Å². The van der Waals surface area contributed by atoms with Crippen LogP contribution in [0.25, 0.3) is 0 Å². The topological polar surface area (TPSA) is 26.0 Å². The summed E-state index contributed by atoms with van der Waals surface area (Å²) in [5.74, 6) is 2.83. The lowest BCUT2D eigenvalue weighted by molar-refractivity contribution is 0.254. The van der Waals surface area contributed by atoms with E-state index in [1.165, 1.54) is 77.0 Å². The molecule has 0 saturated heterocycles. The first kappa shape index (κ1) is 17.1. The average Bonchev–Trinajstić information content (AvgIpc) is 2.70. The van der Waals surface area contributed by atoms with E-state index in [0.717, 1.165) is 17.8 Å². The molecule has 0 amide bonds. The summed E-state index contributed by atoms with van der Waals surface area (Å²) >= 11 is 0. The monoisotopic (exact) mass is 291 g/mol. The molecule has 122 valence electrons. The molecule has 2 aliphatic rings. The Bertz CT molecular complexity index is 320. The van der Waals surface area contributed by atoms with E-state index in [4.69, 9.17) is 5.73 Å². The molecule has 2 N–H and O–H groups in total. The first-order valence-electron chi connectivity index (χ1n) is 9.66. The first-order valence-corrected chi connectivity index (χ1v) is 9.66. The molecule has 0 spiro atoms. The maximum Gasteiger partial charge on any atom is 0.00389 e. The Morgan fingerprint density at radius 1 is 0.952 bits per heavy atom. The Hall–Kier alpha value is -0.300. The molecule has 0 aromatic carbocycles. The van der Waals surface area contributed by atoms with E-state index in [2.05, 4.69) is 19.9 Å². The minimum absolute atomic E-state index is 0.461. The second-order valence-corrected chi connectivity index (χ2v) is 7.64. The third-order valence-corrected chi connectivity index (χ3v) is 6.23. The van der Waals surface area contributed by atoms with Gasteiger partial charge in [-0.05, 0) is 69.1 Å². The van der Waals surface area contributed by atoms with Crippen LogP contribution in [0.15, 0.2) is 11.6 Å². The summed E-state index contributed by atoms with van der Waals surface area (Å²) in [5.41, 5.74) is 8.10. The molecule has 0 heterocycles. The molecule has 0 aromatic heterocycles. The zero-order valence-corrected chi connectivity index (χ0v) is 14.4. The predicted octanol–water partition coefficient (Wildman–Crippen LogP) is 5.84. The van der Waals surface area contributed by atoms with Crippen molar-refractivity contribution in [2.24, 2.45) is 23.5 Å². The maximum absolute atomic E-state index is 6.36.